The molecule has 0 saturated carbocycles. The van der Waals surface area contributed by atoms with E-state index in [4.69, 9.17) is 0 Å². The molecule has 1 heterocycles. The van der Waals surface area contributed by atoms with Gasteiger partial charge in [-0.15, -0.1) is 0 Å². The standard InChI is InChI=1S/C11H22S5/c1-3-13-6-10-8-16-11(9-15-10)7-14-5-4-12-2/h10-11H,3-9H2,1-2H3. The summed E-state index contributed by atoms with van der Waals surface area (Å²) in [6.45, 7) is 2.26. The summed E-state index contributed by atoms with van der Waals surface area (Å²) in [5.41, 5.74) is 0. The minimum absolute atomic E-state index is 0.916. The molecule has 2 atom stereocenters. The molecule has 1 saturated heterocycles. The van der Waals surface area contributed by atoms with Gasteiger partial charge in [0.25, 0.3) is 0 Å². The maximum Gasteiger partial charge on any atom is 0.0229 e. The molecule has 1 fully saturated rings. The molecule has 5 heteroatoms. The van der Waals surface area contributed by atoms with Crippen molar-refractivity contribution >= 4 is 58.8 Å². The van der Waals surface area contributed by atoms with Gasteiger partial charge in [-0.1, -0.05) is 6.92 Å². The van der Waals surface area contributed by atoms with Gasteiger partial charge in [0.05, 0.1) is 0 Å². The molecular formula is C11H22S5. The summed E-state index contributed by atoms with van der Waals surface area (Å²) >= 11 is 10.6. The van der Waals surface area contributed by atoms with Crippen LogP contribution in [0.3, 0.4) is 0 Å². The first kappa shape index (κ1) is 15.8. The molecule has 0 spiro atoms. The fraction of sp³-hybridized carbons (Fsp3) is 1.00. The van der Waals surface area contributed by atoms with Crippen LogP contribution in [-0.4, -0.2) is 57.0 Å². The largest absolute Gasteiger partial charge is 0.165 e. The third-order valence-electron chi connectivity index (χ3n) is 2.28. The van der Waals surface area contributed by atoms with Crippen LogP contribution in [0.2, 0.25) is 0 Å². The molecule has 16 heavy (non-hydrogen) atoms. The van der Waals surface area contributed by atoms with Gasteiger partial charge in [0, 0.05) is 45.0 Å². The van der Waals surface area contributed by atoms with Crippen LogP contribution in [0.1, 0.15) is 6.92 Å². The molecule has 96 valence electrons. The normalized spacial score (nSPS) is 25.9. The van der Waals surface area contributed by atoms with Crippen LogP contribution < -0.4 is 0 Å². The van der Waals surface area contributed by atoms with Crippen LogP contribution >= 0.6 is 58.8 Å². The van der Waals surface area contributed by atoms with Crippen molar-refractivity contribution < 1.29 is 0 Å². The minimum atomic E-state index is 0.916. The molecule has 0 aromatic heterocycles. The van der Waals surface area contributed by atoms with Gasteiger partial charge < -0.3 is 0 Å². The van der Waals surface area contributed by atoms with E-state index in [0.717, 1.165) is 10.5 Å². The summed E-state index contributed by atoms with van der Waals surface area (Å²) in [6, 6.07) is 0. The van der Waals surface area contributed by atoms with Crippen molar-refractivity contribution in [1.82, 2.24) is 0 Å². The van der Waals surface area contributed by atoms with Gasteiger partial charge in [0.1, 0.15) is 0 Å². The first-order chi connectivity index (χ1) is 7.86. The van der Waals surface area contributed by atoms with Crippen molar-refractivity contribution in [1.29, 1.82) is 0 Å². The second-order valence-corrected chi connectivity index (χ2v) is 9.76. The lowest BCUT2D eigenvalue weighted by Gasteiger charge is -2.27. The smallest absolute Gasteiger partial charge is 0.0229 e. The van der Waals surface area contributed by atoms with Crippen molar-refractivity contribution in [2.24, 2.45) is 0 Å². The summed E-state index contributed by atoms with van der Waals surface area (Å²) in [5, 5.41) is 1.84. The molecule has 0 aromatic carbocycles. The lowest BCUT2D eigenvalue weighted by Crippen LogP contribution is -2.24. The van der Waals surface area contributed by atoms with Gasteiger partial charge in [0.15, 0.2) is 0 Å². The Kier molecular flexibility index (Phi) is 10.5. The van der Waals surface area contributed by atoms with Crippen LogP contribution in [0, 0.1) is 0 Å². The molecule has 0 radical (unpaired) electrons. The molecule has 2 unspecified atom stereocenters. The predicted octanol–water partition coefficient (Wildman–Crippen LogP) is 4.05. The molecule has 1 aliphatic rings. The van der Waals surface area contributed by atoms with Gasteiger partial charge in [-0.3, -0.25) is 0 Å². The van der Waals surface area contributed by atoms with E-state index in [1.807, 2.05) is 11.8 Å². The van der Waals surface area contributed by atoms with E-state index in [2.05, 4.69) is 60.2 Å². The summed E-state index contributed by atoms with van der Waals surface area (Å²) < 4.78 is 0. The maximum absolute atomic E-state index is 2.26. The monoisotopic (exact) mass is 314 g/mol. The van der Waals surface area contributed by atoms with E-state index >= 15 is 0 Å². The SMILES string of the molecule is CCSCC1CSC(CSCCSC)CS1. The quantitative estimate of drug-likeness (QED) is 0.618. The Morgan fingerprint density at radius 1 is 1.00 bits per heavy atom. The Hall–Kier alpha value is 1.75. The lowest BCUT2D eigenvalue weighted by molar-refractivity contribution is 1.06. The van der Waals surface area contributed by atoms with Crippen molar-refractivity contribution in [3.05, 3.63) is 0 Å². The van der Waals surface area contributed by atoms with Crippen LogP contribution in [0.4, 0.5) is 0 Å². The average molecular weight is 315 g/mol. The van der Waals surface area contributed by atoms with E-state index < -0.39 is 0 Å². The van der Waals surface area contributed by atoms with Crippen LogP contribution in [0.15, 0.2) is 0 Å². The third kappa shape index (κ3) is 7.24. The summed E-state index contributed by atoms with van der Waals surface area (Å²) in [4.78, 5) is 0. The molecule has 1 rings (SSSR count). The van der Waals surface area contributed by atoms with Crippen LogP contribution in [0.25, 0.3) is 0 Å². The molecule has 0 aromatic rings. The third-order valence-corrected chi connectivity index (χ3v) is 8.97. The molecule has 0 aliphatic carbocycles. The van der Waals surface area contributed by atoms with Gasteiger partial charge in [-0.05, 0) is 12.0 Å². The van der Waals surface area contributed by atoms with Gasteiger partial charge >= 0.3 is 0 Å². The van der Waals surface area contributed by atoms with Crippen LogP contribution in [0.5, 0.6) is 0 Å². The number of thioether (sulfide) groups is 5. The number of hydrogen-bond acceptors (Lipinski definition) is 5. The first-order valence-corrected chi connectivity index (χ1v) is 11.5. The Bertz CT molecular complexity index is 156. The summed E-state index contributed by atoms with van der Waals surface area (Å²) in [5.74, 6) is 9.41. The zero-order valence-corrected chi connectivity index (χ0v) is 14.2. The van der Waals surface area contributed by atoms with E-state index in [0.29, 0.717) is 0 Å². The van der Waals surface area contributed by atoms with E-state index in [1.54, 1.807) is 0 Å². The van der Waals surface area contributed by atoms with Crippen molar-refractivity contribution in [2.75, 3.05) is 46.5 Å². The highest BCUT2D eigenvalue weighted by Crippen LogP contribution is 2.33. The second-order valence-electron chi connectivity index (χ2n) is 3.64. The average Bonchev–Trinajstić information content (AvgIpc) is 2.33. The van der Waals surface area contributed by atoms with E-state index in [-0.39, 0.29) is 0 Å². The zero-order valence-electron chi connectivity index (χ0n) is 10.1. The predicted molar refractivity (Wildman–Crippen MR) is 91.2 cm³/mol. The molecule has 0 N–H and O–H groups in total. The first-order valence-electron chi connectivity index (χ1n) is 5.74. The van der Waals surface area contributed by atoms with E-state index in [9.17, 15) is 0 Å². The molecule has 1 aliphatic heterocycles. The molecule has 0 amide bonds. The second kappa shape index (κ2) is 10.7. The number of hydrogen-bond donors (Lipinski definition) is 0. The summed E-state index contributed by atoms with van der Waals surface area (Å²) in [6.07, 6.45) is 2.20. The fourth-order valence-electron chi connectivity index (χ4n) is 1.38. The zero-order chi connectivity index (χ0) is 11.6. The van der Waals surface area contributed by atoms with Crippen molar-refractivity contribution in [2.45, 2.75) is 17.4 Å². The van der Waals surface area contributed by atoms with E-state index in [1.165, 1.54) is 40.3 Å². The molecule has 0 nitrogen and oxygen atoms in total. The highest BCUT2D eigenvalue weighted by Gasteiger charge is 2.21. The Morgan fingerprint density at radius 2 is 1.62 bits per heavy atom. The van der Waals surface area contributed by atoms with Crippen LogP contribution in [-0.2, 0) is 0 Å². The Morgan fingerprint density at radius 3 is 2.12 bits per heavy atom. The van der Waals surface area contributed by atoms with Gasteiger partial charge in [0.2, 0.25) is 0 Å². The molecule has 0 bridgehead atoms. The van der Waals surface area contributed by atoms with Crippen molar-refractivity contribution in [3.63, 3.8) is 0 Å². The minimum Gasteiger partial charge on any atom is -0.165 e. The van der Waals surface area contributed by atoms with Crippen molar-refractivity contribution in [3.8, 4) is 0 Å². The van der Waals surface area contributed by atoms with Gasteiger partial charge in [-0.2, -0.15) is 58.8 Å². The topological polar surface area (TPSA) is 0 Å². The van der Waals surface area contributed by atoms with Gasteiger partial charge in [-0.25, -0.2) is 0 Å². The number of rotatable bonds is 8. The highest BCUT2D eigenvalue weighted by molar-refractivity contribution is 8.09. The summed E-state index contributed by atoms with van der Waals surface area (Å²) in [7, 11) is 0. The maximum atomic E-state index is 2.26. The Balaban J connectivity index is 1.98. The lowest BCUT2D eigenvalue weighted by atomic mass is 10.5. The molecular weight excluding hydrogens is 292 g/mol. The fourth-order valence-corrected chi connectivity index (χ4v) is 7.78. The highest BCUT2D eigenvalue weighted by atomic mass is 32.2. The Labute approximate surface area is 122 Å².